The summed E-state index contributed by atoms with van der Waals surface area (Å²) in [5.74, 6) is 0. The summed E-state index contributed by atoms with van der Waals surface area (Å²) in [4.78, 5) is 10.1. The van der Waals surface area contributed by atoms with Crippen molar-refractivity contribution in [2.45, 2.75) is 23.8 Å². The van der Waals surface area contributed by atoms with E-state index in [1.54, 1.807) is 7.05 Å². The lowest BCUT2D eigenvalue weighted by atomic mass is 10.1. The van der Waals surface area contributed by atoms with Gasteiger partial charge in [0.2, 0.25) is 10.0 Å². The summed E-state index contributed by atoms with van der Waals surface area (Å²) in [7, 11) is -2.34. The Hall–Kier alpha value is -1.71. The second kappa shape index (κ2) is 5.96. The molecule has 8 nitrogen and oxygen atoms in total. The number of hydrogen-bond acceptors (Lipinski definition) is 6. The van der Waals surface area contributed by atoms with Gasteiger partial charge in [-0.15, -0.1) is 0 Å². The van der Waals surface area contributed by atoms with Crippen LogP contribution in [0.1, 0.15) is 12.8 Å². The molecule has 1 fully saturated rings. The lowest BCUT2D eigenvalue weighted by Crippen LogP contribution is -2.40. The minimum absolute atomic E-state index is 0.161. The van der Waals surface area contributed by atoms with Crippen molar-refractivity contribution in [3.63, 3.8) is 0 Å². The van der Waals surface area contributed by atoms with Gasteiger partial charge in [-0.05, 0) is 25.0 Å². The molecule has 1 aromatic rings. The molecular formula is C12H17N3O5S. The van der Waals surface area contributed by atoms with Crippen molar-refractivity contribution in [2.75, 3.05) is 25.5 Å². The van der Waals surface area contributed by atoms with Crippen LogP contribution >= 0.6 is 0 Å². The molecule has 116 valence electrons. The predicted molar refractivity (Wildman–Crippen MR) is 76.6 cm³/mol. The number of nitro benzene ring substituents is 1. The van der Waals surface area contributed by atoms with E-state index in [4.69, 9.17) is 0 Å². The molecule has 1 saturated heterocycles. The van der Waals surface area contributed by atoms with Crippen molar-refractivity contribution >= 4 is 21.4 Å². The maximum absolute atomic E-state index is 12.5. The van der Waals surface area contributed by atoms with E-state index in [1.807, 2.05) is 0 Å². The molecule has 0 bridgehead atoms. The maximum atomic E-state index is 12.5. The Labute approximate surface area is 122 Å². The Bertz CT molecular complexity index is 638. The standard InChI is InChI=1S/C12H17N3O5S/c1-13-9-2-3-12(11(8-9)15(17)18)21(19,20)14-6-4-10(16)5-7-14/h2-3,8,10,13,16H,4-7H2,1H3. The minimum Gasteiger partial charge on any atom is -0.393 e. The Morgan fingerprint density at radius 2 is 2.00 bits per heavy atom. The van der Waals surface area contributed by atoms with Gasteiger partial charge in [0, 0.05) is 31.9 Å². The van der Waals surface area contributed by atoms with Crippen LogP contribution in [-0.2, 0) is 10.0 Å². The van der Waals surface area contributed by atoms with Crippen LogP contribution in [-0.4, -0.2) is 49.0 Å². The molecule has 0 aromatic heterocycles. The van der Waals surface area contributed by atoms with Crippen molar-refractivity contribution in [3.8, 4) is 0 Å². The highest BCUT2D eigenvalue weighted by molar-refractivity contribution is 7.89. The quantitative estimate of drug-likeness (QED) is 0.627. The van der Waals surface area contributed by atoms with Crippen LogP contribution in [0.25, 0.3) is 0 Å². The van der Waals surface area contributed by atoms with Gasteiger partial charge in [-0.1, -0.05) is 0 Å². The molecule has 0 amide bonds. The first-order valence-corrected chi connectivity index (χ1v) is 7.94. The van der Waals surface area contributed by atoms with Gasteiger partial charge in [0.05, 0.1) is 11.0 Å². The van der Waals surface area contributed by atoms with E-state index >= 15 is 0 Å². The van der Waals surface area contributed by atoms with E-state index < -0.39 is 26.7 Å². The molecule has 9 heteroatoms. The monoisotopic (exact) mass is 315 g/mol. The number of nitrogens with one attached hydrogen (secondary N) is 1. The summed E-state index contributed by atoms with van der Waals surface area (Å²) >= 11 is 0. The predicted octanol–water partition coefficient (Wildman–Crippen LogP) is 0.782. The summed E-state index contributed by atoms with van der Waals surface area (Å²) in [5, 5.41) is 23.3. The molecule has 0 unspecified atom stereocenters. The first kappa shape index (κ1) is 15.7. The summed E-state index contributed by atoms with van der Waals surface area (Å²) in [6.45, 7) is 0.322. The van der Waals surface area contributed by atoms with Gasteiger partial charge < -0.3 is 10.4 Å². The van der Waals surface area contributed by atoms with E-state index in [1.165, 1.54) is 22.5 Å². The fourth-order valence-electron chi connectivity index (χ4n) is 2.26. The van der Waals surface area contributed by atoms with Crippen molar-refractivity contribution in [2.24, 2.45) is 0 Å². The molecule has 2 rings (SSSR count). The second-order valence-electron chi connectivity index (χ2n) is 4.82. The van der Waals surface area contributed by atoms with E-state index in [0.717, 1.165) is 0 Å². The Morgan fingerprint density at radius 3 is 2.52 bits per heavy atom. The number of aliphatic hydroxyl groups is 1. The lowest BCUT2D eigenvalue weighted by molar-refractivity contribution is -0.387. The zero-order chi connectivity index (χ0) is 15.6. The molecule has 21 heavy (non-hydrogen) atoms. The molecule has 1 aliphatic heterocycles. The average molecular weight is 315 g/mol. The number of nitro groups is 1. The van der Waals surface area contributed by atoms with Crippen LogP contribution in [0.15, 0.2) is 23.1 Å². The Morgan fingerprint density at radius 1 is 1.38 bits per heavy atom. The highest BCUT2D eigenvalue weighted by Gasteiger charge is 2.33. The number of benzene rings is 1. The first-order valence-electron chi connectivity index (χ1n) is 6.50. The van der Waals surface area contributed by atoms with E-state index in [0.29, 0.717) is 18.5 Å². The van der Waals surface area contributed by atoms with Crippen molar-refractivity contribution in [3.05, 3.63) is 28.3 Å². The summed E-state index contributed by atoms with van der Waals surface area (Å²) in [5.41, 5.74) is 0.0164. The molecule has 0 atom stereocenters. The third kappa shape index (κ3) is 3.14. The van der Waals surface area contributed by atoms with Crippen LogP contribution < -0.4 is 5.32 Å². The van der Waals surface area contributed by atoms with Gasteiger partial charge in [0.25, 0.3) is 5.69 Å². The summed E-state index contributed by atoms with van der Waals surface area (Å²) < 4.78 is 26.3. The van der Waals surface area contributed by atoms with Gasteiger partial charge in [0.1, 0.15) is 0 Å². The number of sulfonamides is 1. The third-order valence-electron chi connectivity index (χ3n) is 3.49. The van der Waals surface area contributed by atoms with Gasteiger partial charge in [-0.3, -0.25) is 10.1 Å². The maximum Gasteiger partial charge on any atom is 0.291 e. The number of rotatable bonds is 4. The third-order valence-corrected chi connectivity index (χ3v) is 5.43. The normalized spacial score (nSPS) is 17.6. The number of piperidine rings is 1. The Kier molecular flexibility index (Phi) is 4.45. The number of aliphatic hydroxyl groups excluding tert-OH is 1. The fraction of sp³-hybridized carbons (Fsp3) is 0.500. The SMILES string of the molecule is CNc1ccc(S(=O)(=O)N2CCC(O)CC2)c([N+](=O)[O-])c1. The van der Waals surface area contributed by atoms with Crippen molar-refractivity contribution in [1.82, 2.24) is 4.31 Å². The summed E-state index contributed by atoms with van der Waals surface area (Å²) in [6, 6.07) is 3.93. The van der Waals surface area contributed by atoms with E-state index in [-0.39, 0.29) is 18.0 Å². The molecule has 1 aromatic carbocycles. The topological polar surface area (TPSA) is 113 Å². The Balaban J connectivity index is 2.42. The molecule has 1 aliphatic rings. The van der Waals surface area contributed by atoms with Gasteiger partial charge in [-0.25, -0.2) is 8.42 Å². The van der Waals surface area contributed by atoms with Crippen molar-refractivity contribution in [1.29, 1.82) is 0 Å². The highest BCUT2D eigenvalue weighted by Crippen LogP contribution is 2.30. The van der Waals surface area contributed by atoms with E-state index in [2.05, 4.69) is 5.32 Å². The fourth-order valence-corrected chi connectivity index (χ4v) is 3.86. The molecule has 0 saturated carbocycles. The van der Waals surface area contributed by atoms with Gasteiger partial charge >= 0.3 is 0 Å². The summed E-state index contributed by atoms with van der Waals surface area (Å²) in [6.07, 6.45) is 0.154. The van der Waals surface area contributed by atoms with Crippen LogP contribution in [0.3, 0.4) is 0 Å². The largest absolute Gasteiger partial charge is 0.393 e. The zero-order valence-corrected chi connectivity index (χ0v) is 12.3. The van der Waals surface area contributed by atoms with Gasteiger partial charge in [0.15, 0.2) is 4.90 Å². The van der Waals surface area contributed by atoms with Crippen LogP contribution in [0.5, 0.6) is 0 Å². The number of nitrogens with zero attached hydrogens (tertiary/aromatic N) is 2. The zero-order valence-electron chi connectivity index (χ0n) is 11.5. The van der Waals surface area contributed by atoms with E-state index in [9.17, 15) is 23.6 Å². The molecular weight excluding hydrogens is 298 g/mol. The number of anilines is 1. The number of hydrogen-bond donors (Lipinski definition) is 2. The van der Waals surface area contributed by atoms with Crippen molar-refractivity contribution < 1.29 is 18.4 Å². The van der Waals surface area contributed by atoms with Crippen LogP contribution in [0, 0.1) is 10.1 Å². The van der Waals surface area contributed by atoms with Gasteiger partial charge in [-0.2, -0.15) is 4.31 Å². The minimum atomic E-state index is -3.93. The highest BCUT2D eigenvalue weighted by atomic mass is 32.2. The van der Waals surface area contributed by atoms with Crippen LogP contribution in [0.2, 0.25) is 0 Å². The smallest absolute Gasteiger partial charge is 0.291 e. The molecule has 0 aliphatic carbocycles. The second-order valence-corrected chi connectivity index (χ2v) is 6.73. The molecule has 0 radical (unpaired) electrons. The lowest BCUT2D eigenvalue weighted by Gasteiger charge is -2.28. The average Bonchev–Trinajstić information content (AvgIpc) is 2.47. The molecule has 0 spiro atoms. The molecule has 1 heterocycles. The van der Waals surface area contributed by atoms with Crippen LogP contribution in [0.4, 0.5) is 11.4 Å². The molecule has 2 N–H and O–H groups in total. The first-order chi connectivity index (χ1) is 9.86.